The molecule has 19 heavy (non-hydrogen) atoms. The highest BCUT2D eigenvalue weighted by Gasteiger charge is 2.48. The van der Waals surface area contributed by atoms with E-state index in [0.29, 0.717) is 0 Å². The minimum atomic E-state index is -0.0796. The minimum Gasteiger partial charge on any atom is -0.377 e. The van der Waals surface area contributed by atoms with Crippen LogP contribution in [0.4, 0.5) is 0 Å². The van der Waals surface area contributed by atoms with Crippen LogP contribution in [0.5, 0.6) is 0 Å². The van der Waals surface area contributed by atoms with Gasteiger partial charge in [0, 0.05) is 23.5 Å². The third-order valence-corrected chi connectivity index (χ3v) is 6.32. The molecule has 0 radical (unpaired) electrons. The molecular formula is C15H33NO2Si. The average Bonchev–Trinajstić information content (AvgIpc) is 2.38. The zero-order valence-electron chi connectivity index (χ0n) is 13.2. The Bertz CT molecular complexity index is 248. The van der Waals surface area contributed by atoms with Crippen LogP contribution in [-0.4, -0.2) is 40.8 Å². The molecule has 1 aliphatic carbocycles. The van der Waals surface area contributed by atoms with Crippen molar-refractivity contribution in [3.8, 4) is 0 Å². The average molecular weight is 288 g/mol. The Labute approximate surface area is 122 Å². The largest absolute Gasteiger partial charge is 0.377 e. The predicted octanol–water partition coefficient (Wildman–Crippen LogP) is 1.95. The van der Waals surface area contributed by atoms with Gasteiger partial charge >= 0.3 is 0 Å². The van der Waals surface area contributed by atoms with Crippen molar-refractivity contribution >= 4 is 10.2 Å². The maximum absolute atomic E-state index is 6.33. The van der Waals surface area contributed by atoms with Crippen molar-refractivity contribution in [2.75, 3.05) is 19.8 Å². The van der Waals surface area contributed by atoms with E-state index in [2.05, 4.69) is 13.8 Å². The molecule has 2 atom stereocenters. The monoisotopic (exact) mass is 287 g/mol. The second kappa shape index (κ2) is 8.40. The molecule has 0 saturated heterocycles. The van der Waals surface area contributed by atoms with Gasteiger partial charge in [-0.3, -0.25) is 0 Å². The number of ether oxygens (including phenoxy) is 2. The summed E-state index contributed by atoms with van der Waals surface area (Å²) in [4.78, 5) is 0. The first-order valence-corrected chi connectivity index (χ1v) is 9.12. The van der Waals surface area contributed by atoms with E-state index in [1.807, 2.05) is 0 Å². The van der Waals surface area contributed by atoms with E-state index in [0.717, 1.165) is 55.7 Å². The normalized spacial score (nSPS) is 33.0. The molecule has 1 fully saturated rings. The van der Waals surface area contributed by atoms with Crippen LogP contribution in [0, 0.1) is 0 Å². The second-order valence-electron chi connectivity index (χ2n) is 5.90. The number of nitrogens with two attached hydrogens (primary N) is 1. The van der Waals surface area contributed by atoms with Crippen LogP contribution in [0.25, 0.3) is 0 Å². The Hall–Kier alpha value is 0.0969. The van der Waals surface area contributed by atoms with Crippen LogP contribution >= 0.6 is 0 Å². The molecule has 0 aromatic rings. The summed E-state index contributed by atoms with van der Waals surface area (Å²) >= 11 is 0. The van der Waals surface area contributed by atoms with Crippen LogP contribution in [0.15, 0.2) is 0 Å². The van der Waals surface area contributed by atoms with E-state index < -0.39 is 0 Å². The summed E-state index contributed by atoms with van der Waals surface area (Å²) in [6, 6.07) is 0. The molecule has 1 saturated carbocycles. The van der Waals surface area contributed by atoms with Crippen molar-refractivity contribution in [2.45, 2.75) is 76.0 Å². The van der Waals surface area contributed by atoms with Gasteiger partial charge in [-0.25, -0.2) is 0 Å². The van der Waals surface area contributed by atoms with Crippen LogP contribution in [0.2, 0.25) is 0 Å². The quantitative estimate of drug-likeness (QED) is 0.728. The van der Waals surface area contributed by atoms with E-state index >= 15 is 0 Å². The van der Waals surface area contributed by atoms with E-state index in [1.165, 1.54) is 25.7 Å². The molecule has 2 N–H and O–H groups in total. The van der Waals surface area contributed by atoms with E-state index in [9.17, 15) is 0 Å². The lowest BCUT2D eigenvalue weighted by atomic mass is 9.80. The maximum atomic E-state index is 6.33. The molecule has 1 aliphatic rings. The lowest BCUT2D eigenvalue weighted by Gasteiger charge is -2.50. The van der Waals surface area contributed by atoms with Crippen LogP contribution in [0.3, 0.4) is 0 Å². The van der Waals surface area contributed by atoms with Gasteiger partial charge in [0.05, 0.1) is 10.8 Å². The summed E-state index contributed by atoms with van der Waals surface area (Å²) in [5.41, 5.74) is 5.67. The molecule has 1 rings (SSSR count). The van der Waals surface area contributed by atoms with Gasteiger partial charge in [0.25, 0.3) is 0 Å². The summed E-state index contributed by atoms with van der Waals surface area (Å²) in [5, 5.41) is -0.0205. The first kappa shape index (κ1) is 17.1. The highest BCUT2D eigenvalue weighted by atomic mass is 28.1. The van der Waals surface area contributed by atoms with E-state index in [1.54, 1.807) is 0 Å². The van der Waals surface area contributed by atoms with Gasteiger partial charge in [0.2, 0.25) is 0 Å². The zero-order chi connectivity index (χ0) is 14.2. The zero-order valence-corrected chi connectivity index (χ0v) is 15.2. The first-order valence-electron chi connectivity index (χ1n) is 8.12. The molecule has 0 amide bonds. The molecule has 0 aliphatic heterocycles. The topological polar surface area (TPSA) is 44.5 Å². The molecule has 3 nitrogen and oxygen atoms in total. The molecule has 0 aromatic carbocycles. The third-order valence-electron chi connectivity index (χ3n) is 4.62. The Balaban J connectivity index is 2.97. The van der Waals surface area contributed by atoms with Crippen molar-refractivity contribution in [1.29, 1.82) is 0 Å². The summed E-state index contributed by atoms with van der Waals surface area (Å²) in [7, 11) is 1.04. The molecule has 0 spiro atoms. The summed E-state index contributed by atoms with van der Waals surface area (Å²) < 4.78 is 12.6. The van der Waals surface area contributed by atoms with Crippen LogP contribution in [0.1, 0.15) is 65.2 Å². The predicted molar refractivity (Wildman–Crippen MR) is 84.6 cm³/mol. The highest BCUT2D eigenvalue weighted by molar-refractivity contribution is 6.15. The Morgan fingerprint density at radius 2 is 1.63 bits per heavy atom. The second-order valence-corrected chi connectivity index (χ2v) is 7.51. The Morgan fingerprint density at radius 1 is 1.00 bits per heavy atom. The lowest BCUT2D eigenvalue weighted by molar-refractivity contribution is -0.180. The fourth-order valence-electron chi connectivity index (χ4n) is 3.59. The van der Waals surface area contributed by atoms with Crippen molar-refractivity contribution in [1.82, 2.24) is 0 Å². The van der Waals surface area contributed by atoms with Crippen molar-refractivity contribution in [3.05, 3.63) is 0 Å². The van der Waals surface area contributed by atoms with Gasteiger partial charge in [-0.2, -0.15) is 0 Å². The minimum absolute atomic E-state index is 0.0205. The first-order chi connectivity index (χ1) is 9.14. The summed E-state index contributed by atoms with van der Waals surface area (Å²) in [5.74, 6) is 0. The molecule has 0 aromatic heterocycles. The van der Waals surface area contributed by atoms with Gasteiger partial charge < -0.3 is 15.2 Å². The number of hydrogen-bond donors (Lipinski definition) is 1. The fraction of sp³-hybridized carbons (Fsp3) is 1.00. The Morgan fingerprint density at radius 3 is 2.21 bits per heavy atom. The molecule has 2 unspecified atom stereocenters. The smallest absolute Gasteiger partial charge is 0.0930 e. The highest BCUT2D eigenvalue weighted by Crippen LogP contribution is 2.41. The molecular weight excluding hydrogens is 254 g/mol. The SMILES string of the molecule is CCOC1([SiH3])CCCCCCC1(CCCN)OCC. The number of hydrogen-bond acceptors (Lipinski definition) is 3. The Kier molecular flexibility index (Phi) is 7.58. The lowest BCUT2D eigenvalue weighted by Crippen LogP contribution is -2.59. The van der Waals surface area contributed by atoms with Crippen molar-refractivity contribution in [2.24, 2.45) is 5.73 Å². The third kappa shape index (κ3) is 4.28. The summed E-state index contributed by atoms with van der Waals surface area (Å²) in [6.45, 7) is 6.54. The van der Waals surface area contributed by atoms with Gasteiger partial charge in [0.15, 0.2) is 0 Å². The van der Waals surface area contributed by atoms with Crippen molar-refractivity contribution in [3.63, 3.8) is 0 Å². The molecule has 0 heterocycles. The van der Waals surface area contributed by atoms with Crippen molar-refractivity contribution < 1.29 is 9.47 Å². The molecule has 0 bridgehead atoms. The van der Waals surface area contributed by atoms with Crippen LogP contribution < -0.4 is 5.73 Å². The molecule has 114 valence electrons. The van der Waals surface area contributed by atoms with Gasteiger partial charge in [-0.1, -0.05) is 25.7 Å². The van der Waals surface area contributed by atoms with Gasteiger partial charge in [-0.15, -0.1) is 0 Å². The van der Waals surface area contributed by atoms with Gasteiger partial charge in [0.1, 0.15) is 0 Å². The molecule has 4 heteroatoms. The standard InChI is InChI=1S/C15H33NO2Si/c1-3-17-14(11-9-13-16)10-7-5-6-8-12-15(14,19)18-4-2/h3-13,16H2,1-2,19H3. The van der Waals surface area contributed by atoms with E-state index in [4.69, 9.17) is 15.2 Å². The summed E-state index contributed by atoms with van der Waals surface area (Å²) in [6.07, 6.45) is 9.62. The van der Waals surface area contributed by atoms with Gasteiger partial charge in [-0.05, 0) is 46.1 Å². The van der Waals surface area contributed by atoms with E-state index in [-0.39, 0.29) is 10.8 Å². The van der Waals surface area contributed by atoms with Crippen LogP contribution in [-0.2, 0) is 9.47 Å². The number of rotatable bonds is 7. The fourth-order valence-corrected chi connectivity index (χ4v) is 4.88. The maximum Gasteiger partial charge on any atom is 0.0930 e.